The standard InChI is InChI=1S/C33H42N4O6S2/c1-4-23(2)30(35-32(39)22-45-21-24-12-14-27(15-13-24)37(42)43)19-36(20-31(38)34-29(33(40)41)16-17-44-3)18-26-10-7-9-25-8-5-6-11-28(25)26/h5-15,23,29-30H,4,16-22H2,1-3H3,(H,34,38)(H,35,39)(H,40,41)/t23-,29-,30+/m0/s1. The Bertz CT molecular complexity index is 1430. The molecular weight excluding hydrogens is 613 g/mol. The molecule has 10 nitrogen and oxygen atoms in total. The van der Waals surface area contributed by atoms with Gasteiger partial charge in [-0.2, -0.15) is 11.8 Å². The zero-order chi connectivity index (χ0) is 32.8. The fourth-order valence-electron chi connectivity index (χ4n) is 4.95. The first-order valence-electron chi connectivity index (χ1n) is 14.9. The minimum Gasteiger partial charge on any atom is -0.480 e. The van der Waals surface area contributed by atoms with Crippen LogP contribution >= 0.6 is 23.5 Å². The summed E-state index contributed by atoms with van der Waals surface area (Å²) in [5.41, 5.74) is 1.95. The van der Waals surface area contributed by atoms with Crippen LogP contribution in [0.5, 0.6) is 0 Å². The van der Waals surface area contributed by atoms with Gasteiger partial charge < -0.3 is 15.7 Å². The Morgan fingerprint density at radius 1 is 1.00 bits per heavy atom. The van der Waals surface area contributed by atoms with Gasteiger partial charge in [0.25, 0.3) is 5.69 Å². The molecule has 3 aromatic carbocycles. The minimum atomic E-state index is -1.06. The summed E-state index contributed by atoms with van der Waals surface area (Å²) in [4.78, 5) is 50.5. The van der Waals surface area contributed by atoms with Crippen molar-refractivity contribution in [2.24, 2.45) is 5.92 Å². The Balaban J connectivity index is 1.73. The van der Waals surface area contributed by atoms with Gasteiger partial charge in [0.1, 0.15) is 6.04 Å². The highest BCUT2D eigenvalue weighted by Gasteiger charge is 2.25. The highest BCUT2D eigenvalue weighted by Crippen LogP contribution is 2.22. The molecule has 242 valence electrons. The van der Waals surface area contributed by atoms with Crippen LogP contribution in [0.1, 0.15) is 37.8 Å². The fourth-order valence-corrected chi connectivity index (χ4v) is 6.22. The molecule has 0 unspecified atom stereocenters. The maximum atomic E-state index is 13.2. The van der Waals surface area contributed by atoms with E-state index in [-0.39, 0.29) is 41.8 Å². The lowest BCUT2D eigenvalue weighted by Gasteiger charge is -2.31. The van der Waals surface area contributed by atoms with E-state index in [0.29, 0.717) is 31.0 Å². The lowest BCUT2D eigenvalue weighted by molar-refractivity contribution is -0.384. The number of rotatable bonds is 19. The van der Waals surface area contributed by atoms with E-state index in [0.717, 1.165) is 28.3 Å². The second-order valence-corrected chi connectivity index (χ2v) is 13.0. The number of nitrogens with one attached hydrogen (secondary N) is 2. The maximum Gasteiger partial charge on any atom is 0.326 e. The van der Waals surface area contributed by atoms with E-state index in [1.165, 1.54) is 35.7 Å². The van der Waals surface area contributed by atoms with Crippen molar-refractivity contribution in [1.29, 1.82) is 0 Å². The van der Waals surface area contributed by atoms with E-state index in [1.54, 1.807) is 12.1 Å². The molecule has 3 rings (SSSR count). The highest BCUT2D eigenvalue weighted by atomic mass is 32.2. The lowest BCUT2D eigenvalue weighted by Crippen LogP contribution is -2.51. The van der Waals surface area contributed by atoms with Gasteiger partial charge in [0.05, 0.1) is 17.2 Å². The number of carboxylic acids is 1. The number of non-ortho nitro benzene ring substituents is 1. The van der Waals surface area contributed by atoms with Gasteiger partial charge in [0, 0.05) is 37.0 Å². The Kier molecular flexibility index (Phi) is 14.6. The molecule has 0 aromatic heterocycles. The van der Waals surface area contributed by atoms with Gasteiger partial charge >= 0.3 is 5.97 Å². The van der Waals surface area contributed by atoms with Crippen molar-refractivity contribution < 1.29 is 24.4 Å². The van der Waals surface area contributed by atoms with E-state index in [1.807, 2.05) is 53.6 Å². The van der Waals surface area contributed by atoms with Crippen LogP contribution in [-0.4, -0.2) is 75.6 Å². The average Bonchev–Trinajstić information content (AvgIpc) is 3.02. The molecule has 0 saturated carbocycles. The number of amides is 2. The van der Waals surface area contributed by atoms with E-state index >= 15 is 0 Å². The molecule has 0 radical (unpaired) electrons. The van der Waals surface area contributed by atoms with Gasteiger partial charge in [-0.25, -0.2) is 4.79 Å². The number of aliphatic carboxylic acids is 1. The molecule has 0 aliphatic heterocycles. The number of benzene rings is 3. The van der Waals surface area contributed by atoms with Crippen molar-refractivity contribution in [2.75, 3.05) is 30.9 Å². The van der Waals surface area contributed by atoms with Gasteiger partial charge in [-0.3, -0.25) is 24.6 Å². The number of hydrogen-bond donors (Lipinski definition) is 3. The molecule has 45 heavy (non-hydrogen) atoms. The van der Waals surface area contributed by atoms with Crippen molar-refractivity contribution in [1.82, 2.24) is 15.5 Å². The smallest absolute Gasteiger partial charge is 0.326 e. The number of nitrogens with zero attached hydrogens (tertiary/aromatic N) is 2. The second kappa shape index (κ2) is 18.4. The van der Waals surface area contributed by atoms with Crippen LogP contribution in [0.4, 0.5) is 5.69 Å². The third-order valence-corrected chi connectivity index (χ3v) is 9.31. The van der Waals surface area contributed by atoms with Crippen molar-refractivity contribution in [3.8, 4) is 0 Å². The number of fused-ring (bicyclic) bond motifs is 1. The van der Waals surface area contributed by atoms with Gasteiger partial charge in [-0.05, 0) is 46.2 Å². The number of carboxylic acid groups (broad SMARTS) is 1. The van der Waals surface area contributed by atoms with Crippen molar-refractivity contribution >= 4 is 57.8 Å². The first kappa shape index (κ1) is 35.9. The number of nitro groups is 1. The summed E-state index contributed by atoms with van der Waals surface area (Å²) in [5.74, 6) is -0.103. The van der Waals surface area contributed by atoms with E-state index in [9.17, 15) is 29.6 Å². The minimum absolute atomic E-state index is 0.0238. The van der Waals surface area contributed by atoms with Gasteiger partial charge in [0.15, 0.2) is 0 Å². The zero-order valence-electron chi connectivity index (χ0n) is 25.9. The summed E-state index contributed by atoms with van der Waals surface area (Å²) in [6.07, 6.45) is 3.03. The lowest BCUT2D eigenvalue weighted by atomic mass is 9.97. The SMILES string of the molecule is CC[C@H](C)[C@@H](CN(CC(=O)N[C@@H](CCSC)C(=O)O)Cc1cccc2ccccc12)NC(=O)CSCc1ccc([N+](=O)[O-])cc1. The van der Waals surface area contributed by atoms with Gasteiger partial charge in [0.2, 0.25) is 11.8 Å². The van der Waals surface area contributed by atoms with E-state index in [2.05, 4.69) is 24.5 Å². The third-order valence-electron chi connectivity index (χ3n) is 7.67. The van der Waals surface area contributed by atoms with Crippen molar-refractivity contribution in [2.45, 2.75) is 51.1 Å². The Labute approximate surface area is 272 Å². The van der Waals surface area contributed by atoms with Crippen LogP contribution < -0.4 is 10.6 Å². The molecule has 0 bridgehead atoms. The average molecular weight is 655 g/mol. The molecule has 0 fully saturated rings. The normalized spacial score (nSPS) is 13.2. The van der Waals surface area contributed by atoms with Crippen LogP contribution in [0.2, 0.25) is 0 Å². The van der Waals surface area contributed by atoms with E-state index in [4.69, 9.17) is 0 Å². The van der Waals surface area contributed by atoms with E-state index < -0.39 is 16.9 Å². The predicted molar refractivity (Wildman–Crippen MR) is 182 cm³/mol. The Morgan fingerprint density at radius 2 is 1.71 bits per heavy atom. The topological polar surface area (TPSA) is 142 Å². The summed E-state index contributed by atoms with van der Waals surface area (Å²) < 4.78 is 0. The molecule has 12 heteroatoms. The summed E-state index contributed by atoms with van der Waals surface area (Å²) in [6, 6.07) is 19.1. The summed E-state index contributed by atoms with van der Waals surface area (Å²) in [6.45, 7) is 4.93. The van der Waals surface area contributed by atoms with Crippen LogP contribution in [-0.2, 0) is 26.7 Å². The number of nitro benzene ring substituents is 1. The Hall–Kier alpha value is -3.61. The Morgan fingerprint density at radius 3 is 2.38 bits per heavy atom. The monoisotopic (exact) mass is 654 g/mol. The second-order valence-electron chi connectivity index (χ2n) is 11.0. The third kappa shape index (κ3) is 11.7. The molecule has 0 saturated heterocycles. The summed E-state index contributed by atoms with van der Waals surface area (Å²) in [7, 11) is 0. The molecule has 3 N–H and O–H groups in total. The molecule has 0 spiro atoms. The van der Waals surface area contributed by atoms with Gasteiger partial charge in [-0.15, -0.1) is 11.8 Å². The van der Waals surface area contributed by atoms with Crippen LogP contribution in [0.15, 0.2) is 66.7 Å². The summed E-state index contributed by atoms with van der Waals surface area (Å²) >= 11 is 2.95. The fraction of sp³-hybridized carbons (Fsp3) is 0.424. The number of hydrogen-bond acceptors (Lipinski definition) is 8. The molecule has 0 aliphatic rings. The molecule has 3 atom stereocenters. The number of carbonyl (C=O) groups is 3. The van der Waals surface area contributed by atoms with Crippen molar-refractivity contribution in [3.05, 3.63) is 88.0 Å². The van der Waals surface area contributed by atoms with Crippen molar-refractivity contribution in [3.63, 3.8) is 0 Å². The first-order valence-corrected chi connectivity index (χ1v) is 17.5. The largest absolute Gasteiger partial charge is 0.480 e. The summed E-state index contributed by atoms with van der Waals surface area (Å²) in [5, 5.41) is 28.6. The number of carbonyl (C=O) groups excluding carboxylic acids is 2. The first-order chi connectivity index (χ1) is 21.6. The predicted octanol–water partition coefficient (Wildman–Crippen LogP) is 5.34. The molecule has 0 heterocycles. The zero-order valence-corrected chi connectivity index (χ0v) is 27.6. The quantitative estimate of drug-likeness (QED) is 0.115. The highest BCUT2D eigenvalue weighted by molar-refractivity contribution is 7.99. The molecule has 2 amide bonds. The van der Waals surface area contributed by atoms with Crippen LogP contribution in [0, 0.1) is 16.0 Å². The van der Waals surface area contributed by atoms with Crippen LogP contribution in [0.3, 0.4) is 0 Å². The van der Waals surface area contributed by atoms with Crippen LogP contribution in [0.25, 0.3) is 10.8 Å². The molecular formula is C33H42N4O6S2. The number of thioether (sulfide) groups is 2. The van der Waals surface area contributed by atoms with Gasteiger partial charge in [-0.1, -0.05) is 74.9 Å². The molecule has 3 aromatic rings. The molecule has 0 aliphatic carbocycles. The maximum absolute atomic E-state index is 13.2.